The standard InChI is InChI=1S/C21H21N3O6S/c1-15(20(25)23-18-6-2-4-16(12-18)14-22)30-21(26)17-5-3-7-19(13-17)31(27,28)24-8-10-29-11-9-24/h2-7,12-13,15H,8-11H2,1H3,(H,23,25). The number of amides is 1. The number of carbonyl (C=O) groups excluding carboxylic acids is 2. The average molecular weight is 443 g/mol. The fourth-order valence-corrected chi connectivity index (χ4v) is 4.37. The van der Waals surface area contributed by atoms with E-state index in [1.807, 2.05) is 6.07 Å². The molecule has 3 rings (SSSR count). The lowest BCUT2D eigenvalue weighted by atomic mass is 10.2. The number of nitrogens with one attached hydrogen (secondary N) is 1. The number of benzene rings is 2. The van der Waals surface area contributed by atoms with Crippen molar-refractivity contribution in [1.82, 2.24) is 4.31 Å². The SMILES string of the molecule is CC(OC(=O)c1cccc(S(=O)(=O)N2CCOCC2)c1)C(=O)Nc1cccc(C#N)c1. The predicted molar refractivity (Wildman–Crippen MR) is 111 cm³/mol. The maximum absolute atomic E-state index is 12.8. The smallest absolute Gasteiger partial charge is 0.338 e. The molecule has 2 aromatic rings. The summed E-state index contributed by atoms with van der Waals surface area (Å²) in [4.78, 5) is 24.8. The van der Waals surface area contributed by atoms with Gasteiger partial charge in [0.05, 0.1) is 35.3 Å². The van der Waals surface area contributed by atoms with E-state index in [0.717, 1.165) is 0 Å². The van der Waals surface area contributed by atoms with E-state index in [4.69, 9.17) is 14.7 Å². The molecular weight excluding hydrogens is 422 g/mol. The largest absolute Gasteiger partial charge is 0.449 e. The molecule has 1 amide bonds. The molecule has 0 aliphatic carbocycles. The molecule has 9 nitrogen and oxygen atoms in total. The highest BCUT2D eigenvalue weighted by Gasteiger charge is 2.27. The van der Waals surface area contributed by atoms with Gasteiger partial charge in [0.25, 0.3) is 5.91 Å². The first-order valence-corrected chi connectivity index (χ1v) is 11.0. The molecule has 0 bridgehead atoms. The van der Waals surface area contributed by atoms with Crippen LogP contribution in [0.25, 0.3) is 0 Å². The molecule has 1 saturated heterocycles. The Bertz CT molecular complexity index is 1120. The summed E-state index contributed by atoms with van der Waals surface area (Å²) in [6.45, 7) is 2.49. The number of morpholine rings is 1. The molecule has 162 valence electrons. The van der Waals surface area contributed by atoms with Crippen LogP contribution in [0.4, 0.5) is 5.69 Å². The molecule has 0 aromatic heterocycles. The van der Waals surface area contributed by atoms with Crippen molar-refractivity contribution in [2.24, 2.45) is 0 Å². The van der Waals surface area contributed by atoms with Crippen molar-refractivity contribution in [2.75, 3.05) is 31.6 Å². The van der Waals surface area contributed by atoms with E-state index < -0.39 is 28.0 Å². The van der Waals surface area contributed by atoms with Gasteiger partial charge in [0.1, 0.15) is 0 Å². The Morgan fingerprint density at radius 3 is 2.58 bits per heavy atom. The number of hydrogen-bond donors (Lipinski definition) is 1. The first-order chi connectivity index (χ1) is 14.8. The van der Waals surface area contributed by atoms with Crippen LogP contribution in [0, 0.1) is 11.3 Å². The highest BCUT2D eigenvalue weighted by molar-refractivity contribution is 7.89. The minimum absolute atomic E-state index is 0.0143. The minimum Gasteiger partial charge on any atom is -0.449 e. The van der Waals surface area contributed by atoms with Gasteiger partial charge in [-0.05, 0) is 43.3 Å². The van der Waals surface area contributed by atoms with Gasteiger partial charge in [0.2, 0.25) is 10.0 Å². The molecule has 1 aliphatic rings. The van der Waals surface area contributed by atoms with Gasteiger partial charge in [-0.25, -0.2) is 13.2 Å². The van der Waals surface area contributed by atoms with Crippen molar-refractivity contribution < 1.29 is 27.5 Å². The van der Waals surface area contributed by atoms with Gasteiger partial charge in [-0.15, -0.1) is 0 Å². The molecule has 1 aliphatic heterocycles. The number of carbonyl (C=O) groups is 2. The van der Waals surface area contributed by atoms with E-state index >= 15 is 0 Å². The molecule has 10 heteroatoms. The van der Waals surface area contributed by atoms with Crippen LogP contribution in [0.1, 0.15) is 22.8 Å². The van der Waals surface area contributed by atoms with Crippen LogP contribution in [-0.2, 0) is 24.3 Å². The third kappa shape index (κ3) is 5.46. The maximum atomic E-state index is 12.8. The molecule has 1 heterocycles. The second kappa shape index (κ2) is 9.70. The van der Waals surface area contributed by atoms with E-state index in [-0.39, 0.29) is 23.5 Å². The van der Waals surface area contributed by atoms with E-state index in [1.54, 1.807) is 18.2 Å². The third-order valence-corrected chi connectivity index (χ3v) is 6.48. The summed E-state index contributed by atoms with van der Waals surface area (Å²) in [5.74, 6) is -1.41. The van der Waals surface area contributed by atoms with Crippen molar-refractivity contribution in [3.8, 4) is 6.07 Å². The van der Waals surface area contributed by atoms with Crippen LogP contribution in [-0.4, -0.2) is 57.0 Å². The lowest BCUT2D eigenvalue weighted by molar-refractivity contribution is -0.123. The number of ether oxygens (including phenoxy) is 2. The molecule has 1 N–H and O–H groups in total. The second-order valence-corrected chi connectivity index (χ2v) is 8.71. The van der Waals surface area contributed by atoms with E-state index in [0.29, 0.717) is 24.5 Å². The monoisotopic (exact) mass is 443 g/mol. The lowest BCUT2D eigenvalue weighted by Crippen LogP contribution is -2.40. The number of rotatable bonds is 6. The summed E-state index contributed by atoms with van der Waals surface area (Å²) < 4.78 is 37.2. The fraction of sp³-hybridized carbons (Fsp3) is 0.286. The first kappa shape index (κ1) is 22.4. The Labute approximate surface area is 180 Å². The molecule has 0 spiro atoms. The maximum Gasteiger partial charge on any atom is 0.338 e. The topological polar surface area (TPSA) is 126 Å². The number of nitrogens with zero attached hydrogens (tertiary/aromatic N) is 2. The first-order valence-electron chi connectivity index (χ1n) is 9.51. The van der Waals surface area contributed by atoms with Crippen LogP contribution >= 0.6 is 0 Å². The number of anilines is 1. The highest BCUT2D eigenvalue weighted by Crippen LogP contribution is 2.19. The quantitative estimate of drug-likeness (QED) is 0.674. The van der Waals surface area contributed by atoms with Crippen LogP contribution in [0.2, 0.25) is 0 Å². The Morgan fingerprint density at radius 2 is 1.87 bits per heavy atom. The summed E-state index contributed by atoms with van der Waals surface area (Å²) in [7, 11) is -3.77. The summed E-state index contributed by atoms with van der Waals surface area (Å²) in [5, 5.41) is 11.5. The molecule has 1 atom stereocenters. The van der Waals surface area contributed by atoms with Crippen molar-refractivity contribution in [3.63, 3.8) is 0 Å². The number of nitriles is 1. The Morgan fingerprint density at radius 1 is 1.16 bits per heavy atom. The summed E-state index contributed by atoms with van der Waals surface area (Å²) in [6.07, 6.45) is -1.14. The van der Waals surface area contributed by atoms with Gasteiger partial charge < -0.3 is 14.8 Å². The number of sulfonamides is 1. The zero-order valence-electron chi connectivity index (χ0n) is 16.8. The molecule has 31 heavy (non-hydrogen) atoms. The van der Waals surface area contributed by atoms with Crippen molar-refractivity contribution in [2.45, 2.75) is 17.9 Å². The third-order valence-electron chi connectivity index (χ3n) is 4.59. The fourth-order valence-electron chi connectivity index (χ4n) is 2.91. The summed E-state index contributed by atoms with van der Waals surface area (Å²) >= 11 is 0. The molecule has 0 saturated carbocycles. The molecule has 0 radical (unpaired) electrons. The zero-order chi connectivity index (χ0) is 22.4. The normalized spacial score (nSPS) is 15.5. The molecule has 1 fully saturated rings. The number of esters is 1. The van der Waals surface area contributed by atoms with Gasteiger partial charge in [-0.1, -0.05) is 12.1 Å². The van der Waals surface area contributed by atoms with Crippen molar-refractivity contribution in [1.29, 1.82) is 5.26 Å². The Kier molecular flexibility index (Phi) is 7.02. The van der Waals surface area contributed by atoms with Crippen LogP contribution < -0.4 is 5.32 Å². The van der Waals surface area contributed by atoms with Gasteiger partial charge in [-0.2, -0.15) is 9.57 Å². The van der Waals surface area contributed by atoms with E-state index in [1.165, 1.54) is 41.6 Å². The minimum atomic E-state index is -3.77. The molecule has 1 unspecified atom stereocenters. The second-order valence-electron chi connectivity index (χ2n) is 6.77. The average Bonchev–Trinajstić information content (AvgIpc) is 2.79. The van der Waals surface area contributed by atoms with Gasteiger partial charge in [-0.3, -0.25) is 4.79 Å². The van der Waals surface area contributed by atoms with Gasteiger partial charge in [0, 0.05) is 18.8 Å². The summed E-state index contributed by atoms with van der Waals surface area (Å²) in [5.41, 5.74) is 0.784. The Hall–Kier alpha value is -3.26. The highest BCUT2D eigenvalue weighted by atomic mass is 32.2. The van der Waals surface area contributed by atoms with Crippen LogP contribution in [0.3, 0.4) is 0 Å². The zero-order valence-corrected chi connectivity index (χ0v) is 17.6. The van der Waals surface area contributed by atoms with Crippen molar-refractivity contribution >= 4 is 27.6 Å². The molecule has 2 aromatic carbocycles. The van der Waals surface area contributed by atoms with E-state index in [2.05, 4.69) is 5.32 Å². The summed E-state index contributed by atoms with van der Waals surface area (Å²) in [6, 6.07) is 13.8. The van der Waals surface area contributed by atoms with Crippen LogP contribution in [0.15, 0.2) is 53.4 Å². The number of hydrogen-bond acceptors (Lipinski definition) is 7. The lowest BCUT2D eigenvalue weighted by Gasteiger charge is -2.26. The molecular formula is C21H21N3O6S. The van der Waals surface area contributed by atoms with Crippen molar-refractivity contribution in [3.05, 3.63) is 59.7 Å². The van der Waals surface area contributed by atoms with Gasteiger partial charge >= 0.3 is 5.97 Å². The van der Waals surface area contributed by atoms with E-state index in [9.17, 15) is 18.0 Å². The predicted octanol–water partition coefficient (Wildman–Crippen LogP) is 1.76. The van der Waals surface area contributed by atoms with Crippen LogP contribution in [0.5, 0.6) is 0 Å². The van der Waals surface area contributed by atoms with Gasteiger partial charge in [0.15, 0.2) is 6.10 Å². The Balaban J connectivity index is 1.68.